The second-order valence-electron chi connectivity index (χ2n) is 25.9. The molecule has 6 heteroatoms. The molecule has 0 saturated carbocycles. The second-order valence-corrected chi connectivity index (χ2v) is 25.9. The third-order valence-corrected chi connectivity index (χ3v) is 20.0. The molecule has 0 radical (unpaired) electrons. The molecule has 19 aromatic rings. The highest BCUT2D eigenvalue weighted by Gasteiger charge is 2.24. The number of anilines is 6. The zero-order chi connectivity index (χ0) is 65.0. The maximum absolute atomic E-state index is 2.49. The van der Waals surface area contributed by atoms with Crippen molar-refractivity contribution in [3.05, 3.63) is 363 Å². The number of hydrogen-bond donors (Lipinski definition) is 0. The van der Waals surface area contributed by atoms with Crippen molar-refractivity contribution in [2.45, 2.75) is 13.8 Å². The lowest BCUT2D eigenvalue weighted by Gasteiger charge is -2.26. The van der Waals surface area contributed by atoms with E-state index in [1.54, 1.807) is 0 Å². The average molecular weight is 1250 g/mol. The molecule has 98 heavy (non-hydrogen) atoms. The van der Waals surface area contributed by atoms with E-state index in [-0.39, 0.29) is 0 Å². The van der Waals surface area contributed by atoms with Gasteiger partial charge in [-0.15, -0.1) is 0 Å². The molecular formula is C92H64N6. The molecule has 462 valence electrons. The van der Waals surface area contributed by atoms with Crippen molar-refractivity contribution in [1.82, 2.24) is 18.3 Å². The minimum atomic E-state index is 1.06. The standard InChI is InChI=1S/C92H64N6/c1-61-35-39-69(40-36-61)93(75-51-53-87-83(59-75)81-29-13-15-33-85(81)95(87)67-23-5-3-6-24-67)71-43-47-73(48-44-71)97-89-55-66-58-92(80-32-18-22-64-20-10-12-28-78(64)80)98(90(66)56-65(89)57-91(97)79-31-17-21-63-19-9-11-27-77(63)79)74-49-45-72(46-50-74)94(70-41-37-62(2)38-42-70)76-52-54-88-84(60-76)82-30-14-16-34-86(82)96(88)68-25-7-4-8-26-68/h3-60H,1-2H3. The first-order valence-corrected chi connectivity index (χ1v) is 33.7. The molecule has 0 fully saturated rings. The predicted molar refractivity (Wildman–Crippen MR) is 414 cm³/mol. The summed E-state index contributed by atoms with van der Waals surface area (Å²) in [7, 11) is 0. The lowest BCUT2D eigenvalue weighted by atomic mass is 10.0. The van der Waals surface area contributed by atoms with E-state index in [1.807, 2.05) is 0 Å². The van der Waals surface area contributed by atoms with Gasteiger partial charge in [0.25, 0.3) is 0 Å². The molecule has 0 amide bonds. The number of benzene rings is 15. The molecule has 6 nitrogen and oxygen atoms in total. The van der Waals surface area contributed by atoms with Crippen LogP contribution >= 0.6 is 0 Å². The summed E-state index contributed by atoms with van der Waals surface area (Å²) >= 11 is 0. The van der Waals surface area contributed by atoms with Crippen LogP contribution in [0.1, 0.15) is 11.1 Å². The van der Waals surface area contributed by atoms with Gasteiger partial charge in [0.15, 0.2) is 0 Å². The minimum absolute atomic E-state index is 1.06. The van der Waals surface area contributed by atoms with Crippen LogP contribution in [0.4, 0.5) is 34.1 Å². The zero-order valence-corrected chi connectivity index (χ0v) is 54.2. The largest absolute Gasteiger partial charge is 0.310 e. The molecule has 19 rings (SSSR count). The van der Waals surface area contributed by atoms with E-state index in [0.29, 0.717) is 0 Å². The summed E-state index contributed by atoms with van der Waals surface area (Å²) in [5, 5.41) is 11.9. The fraction of sp³-hybridized carbons (Fsp3) is 0.0217. The Morgan fingerprint density at radius 3 is 0.918 bits per heavy atom. The van der Waals surface area contributed by atoms with Gasteiger partial charge in [-0.3, -0.25) is 0 Å². The van der Waals surface area contributed by atoms with Gasteiger partial charge in [0.05, 0.1) is 44.5 Å². The Labute approximate surface area is 567 Å². The van der Waals surface area contributed by atoms with Crippen LogP contribution in [0.2, 0.25) is 0 Å². The van der Waals surface area contributed by atoms with Gasteiger partial charge in [0, 0.05) is 100 Å². The van der Waals surface area contributed by atoms with E-state index in [4.69, 9.17) is 0 Å². The van der Waals surface area contributed by atoms with Gasteiger partial charge < -0.3 is 28.1 Å². The molecule has 0 N–H and O–H groups in total. The van der Waals surface area contributed by atoms with Crippen LogP contribution in [0, 0.1) is 13.8 Å². The Morgan fingerprint density at radius 2 is 0.510 bits per heavy atom. The first-order chi connectivity index (χ1) is 48.4. The SMILES string of the molecule is Cc1ccc(N(c2ccc(-n3c(-c4cccc5ccccc45)cc4cc5c(cc(-c6cccc7ccccc67)n5-c5ccc(N(c6ccc(C)cc6)c6ccc7c(c6)c6ccccc6n7-c6ccccc6)cc5)cc43)cc2)c2ccc3c(c2)c2ccccc2n3-c2ccccc2)cc1. The minimum Gasteiger partial charge on any atom is -0.310 e. The molecule has 0 atom stereocenters. The average Bonchev–Trinajstić information content (AvgIpc) is 1.56. The Kier molecular flexibility index (Phi) is 13.3. The number of aromatic nitrogens is 4. The molecule has 0 unspecified atom stereocenters. The first kappa shape index (κ1) is 56.6. The third-order valence-electron chi connectivity index (χ3n) is 20.0. The van der Waals surface area contributed by atoms with Crippen molar-refractivity contribution >= 4 is 121 Å². The summed E-state index contributed by atoms with van der Waals surface area (Å²) in [6, 6.07) is 130. The summed E-state index contributed by atoms with van der Waals surface area (Å²) < 4.78 is 9.74. The van der Waals surface area contributed by atoms with Crippen LogP contribution in [0.15, 0.2) is 352 Å². The van der Waals surface area contributed by atoms with Crippen molar-refractivity contribution in [2.24, 2.45) is 0 Å². The first-order valence-electron chi connectivity index (χ1n) is 33.7. The number of hydrogen-bond acceptors (Lipinski definition) is 2. The van der Waals surface area contributed by atoms with Crippen LogP contribution in [-0.2, 0) is 0 Å². The van der Waals surface area contributed by atoms with Crippen molar-refractivity contribution in [1.29, 1.82) is 0 Å². The Morgan fingerprint density at radius 1 is 0.194 bits per heavy atom. The molecule has 4 aromatic heterocycles. The van der Waals surface area contributed by atoms with Crippen LogP contribution in [-0.4, -0.2) is 18.3 Å². The van der Waals surface area contributed by atoms with E-state index in [2.05, 4.69) is 394 Å². The maximum Gasteiger partial charge on any atom is 0.0547 e. The Balaban J connectivity index is 0.777. The summed E-state index contributed by atoms with van der Waals surface area (Å²) in [6.07, 6.45) is 0. The fourth-order valence-corrected chi connectivity index (χ4v) is 15.5. The lowest BCUT2D eigenvalue weighted by Crippen LogP contribution is -2.10. The monoisotopic (exact) mass is 1250 g/mol. The lowest BCUT2D eigenvalue weighted by molar-refractivity contribution is 1.13. The number of para-hydroxylation sites is 4. The van der Waals surface area contributed by atoms with Gasteiger partial charge in [0.1, 0.15) is 0 Å². The van der Waals surface area contributed by atoms with Gasteiger partial charge in [-0.2, -0.15) is 0 Å². The normalized spacial score (nSPS) is 11.8. The highest BCUT2D eigenvalue weighted by molar-refractivity contribution is 6.13. The van der Waals surface area contributed by atoms with E-state index < -0.39 is 0 Å². The Bertz CT molecular complexity index is 5890. The summed E-state index contributed by atoms with van der Waals surface area (Å²) in [5.74, 6) is 0. The van der Waals surface area contributed by atoms with E-state index in [1.165, 1.54) is 87.4 Å². The smallest absolute Gasteiger partial charge is 0.0547 e. The summed E-state index contributed by atoms with van der Waals surface area (Å²) in [4.78, 5) is 4.80. The van der Waals surface area contributed by atoms with E-state index in [9.17, 15) is 0 Å². The molecule has 0 aliphatic heterocycles. The van der Waals surface area contributed by atoms with Gasteiger partial charge in [-0.1, -0.05) is 193 Å². The van der Waals surface area contributed by atoms with Crippen molar-refractivity contribution in [3.63, 3.8) is 0 Å². The van der Waals surface area contributed by atoms with Crippen LogP contribution in [0.3, 0.4) is 0 Å². The molecular weight excluding hydrogens is 1190 g/mol. The van der Waals surface area contributed by atoms with Gasteiger partial charge >= 0.3 is 0 Å². The van der Waals surface area contributed by atoms with E-state index in [0.717, 1.165) is 90.1 Å². The number of fused-ring (bicyclic) bond motifs is 10. The Hall–Kier alpha value is -12.9. The highest BCUT2D eigenvalue weighted by atomic mass is 15.2. The fourth-order valence-electron chi connectivity index (χ4n) is 15.5. The second kappa shape index (κ2) is 22.9. The number of rotatable bonds is 12. The molecule has 15 aromatic carbocycles. The molecule has 0 saturated heterocycles. The van der Waals surface area contributed by atoms with Crippen LogP contribution in [0.5, 0.6) is 0 Å². The van der Waals surface area contributed by atoms with Gasteiger partial charge in [0.2, 0.25) is 0 Å². The quantitative estimate of drug-likeness (QED) is 0.122. The number of nitrogens with zero attached hydrogens (tertiary/aromatic N) is 6. The highest BCUT2D eigenvalue weighted by Crippen LogP contribution is 2.46. The summed E-state index contributed by atoms with van der Waals surface area (Å²) in [5.41, 5.74) is 24.9. The molecule has 0 aliphatic rings. The molecule has 4 heterocycles. The van der Waals surface area contributed by atoms with Crippen LogP contribution in [0.25, 0.3) is 132 Å². The zero-order valence-electron chi connectivity index (χ0n) is 54.2. The molecule has 0 aliphatic carbocycles. The third kappa shape index (κ3) is 9.32. The predicted octanol–water partition coefficient (Wildman–Crippen LogP) is 25.0. The van der Waals surface area contributed by atoms with E-state index >= 15 is 0 Å². The van der Waals surface area contributed by atoms with Crippen molar-refractivity contribution < 1.29 is 0 Å². The van der Waals surface area contributed by atoms with Gasteiger partial charge in [-0.05, 0) is 205 Å². The van der Waals surface area contributed by atoms with Crippen LogP contribution < -0.4 is 9.80 Å². The molecule has 0 spiro atoms. The topological polar surface area (TPSA) is 26.2 Å². The van der Waals surface area contributed by atoms with Crippen molar-refractivity contribution in [2.75, 3.05) is 9.80 Å². The number of aryl methyl sites for hydroxylation is 2. The van der Waals surface area contributed by atoms with Gasteiger partial charge in [-0.25, -0.2) is 0 Å². The maximum atomic E-state index is 2.49. The summed E-state index contributed by atoms with van der Waals surface area (Å²) in [6.45, 7) is 4.31. The molecule has 0 bridgehead atoms. The van der Waals surface area contributed by atoms with Crippen molar-refractivity contribution in [3.8, 4) is 45.3 Å².